The summed E-state index contributed by atoms with van der Waals surface area (Å²) in [5, 5.41) is 3.69. The molecule has 1 fully saturated rings. The van der Waals surface area contributed by atoms with Gasteiger partial charge in [-0.25, -0.2) is 0 Å². The lowest BCUT2D eigenvalue weighted by Crippen LogP contribution is -2.29. The molecule has 0 aromatic heterocycles. The van der Waals surface area contributed by atoms with Crippen LogP contribution in [0, 0.1) is 5.92 Å². The van der Waals surface area contributed by atoms with Gasteiger partial charge in [0.25, 0.3) is 0 Å². The van der Waals surface area contributed by atoms with Gasteiger partial charge in [0.2, 0.25) is 0 Å². The molecule has 2 rings (SSSR count). The van der Waals surface area contributed by atoms with Crippen LogP contribution in [0.25, 0.3) is 0 Å². The summed E-state index contributed by atoms with van der Waals surface area (Å²) in [6, 6.07) is 11.6. The quantitative estimate of drug-likeness (QED) is 0.670. The standard InChI is InChI=1S/C19H31N/c1-2-20-19(16-15-18-11-6-7-12-18)14-8-13-17-9-4-3-5-10-17/h3-5,9-10,18-20H,2,6-8,11-16H2,1H3. The van der Waals surface area contributed by atoms with Crippen LogP contribution < -0.4 is 5.32 Å². The predicted octanol–water partition coefficient (Wildman–Crippen LogP) is 4.96. The molecule has 1 nitrogen and oxygen atoms in total. The largest absolute Gasteiger partial charge is 0.314 e. The van der Waals surface area contributed by atoms with Crippen molar-refractivity contribution in [2.24, 2.45) is 5.92 Å². The van der Waals surface area contributed by atoms with Crippen molar-refractivity contribution in [1.82, 2.24) is 5.32 Å². The molecule has 1 N–H and O–H groups in total. The minimum absolute atomic E-state index is 0.740. The van der Waals surface area contributed by atoms with E-state index in [2.05, 4.69) is 42.6 Å². The Morgan fingerprint density at radius 3 is 2.55 bits per heavy atom. The van der Waals surface area contributed by atoms with Crippen LogP contribution in [0.1, 0.15) is 63.9 Å². The second kappa shape index (κ2) is 9.18. The predicted molar refractivity (Wildman–Crippen MR) is 88.0 cm³/mol. The summed E-state index contributed by atoms with van der Waals surface area (Å²) in [7, 11) is 0. The van der Waals surface area contributed by atoms with Crippen LogP contribution in [0.3, 0.4) is 0 Å². The zero-order valence-electron chi connectivity index (χ0n) is 13.1. The van der Waals surface area contributed by atoms with Crippen molar-refractivity contribution in [3.8, 4) is 0 Å². The zero-order valence-corrected chi connectivity index (χ0v) is 13.1. The molecule has 0 heterocycles. The fourth-order valence-electron chi connectivity index (χ4n) is 3.57. The number of rotatable bonds is 9. The van der Waals surface area contributed by atoms with Gasteiger partial charge >= 0.3 is 0 Å². The molecule has 0 radical (unpaired) electrons. The molecular formula is C19H31N. The van der Waals surface area contributed by atoms with Gasteiger partial charge in [0.05, 0.1) is 0 Å². The van der Waals surface area contributed by atoms with Crippen molar-refractivity contribution in [2.45, 2.75) is 70.8 Å². The minimum atomic E-state index is 0.740. The molecule has 1 unspecified atom stereocenters. The molecule has 1 saturated carbocycles. The summed E-state index contributed by atoms with van der Waals surface area (Å²) in [6.07, 6.45) is 12.6. The molecule has 20 heavy (non-hydrogen) atoms. The Labute approximate surface area is 125 Å². The molecule has 1 heteroatoms. The van der Waals surface area contributed by atoms with Crippen LogP contribution >= 0.6 is 0 Å². The number of hydrogen-bond acceptors (Lipinski definition) is 1. The summed E-state index contributed by atoms with van der Waals surface area (Å²) < 4.78 is 0. The minimum Gasteiger partial charge on any atom is -0.314 e. The van der Waals surface area contributed by atoms with Crippen LogP contribution in [0.4, 0.5) is 0 Å². The first kappa shape index (κ1) is 15.6. The molecule has 1 aromatic rings. The fraction of sp³-hybridized carbons (Fsp3) is 0.684. The van der Waals surface area contributed by atoms with E-state index in [1.165, 1.54) is 63.4 Å². The van der Waals surface area contributed by atoms with E-state index in [-0.39, 0.29) is 0 Å². The SMILES string of the molecule is CCNC(CCCc1ccccc1)CCC1CCCC1. The third-order valence-corrected chi connectivity index (χ3v) is 4.75. The third-order valence-electron chi connectivity index (χ3n) is 4.75. The average molecular weight is 273 g/mol. The monoisotopic (exact) mass is 273 g/mol. The molecule has 1 atom stereocenters. The Kier molecular flexibility index (Phi) is 7.14. The Bertz CT molecular complexity index is 340. The maximum atomic E-state index is 3.69. The summed E-state index contributed by atoms with van der Waals surface area (Å²) in [5.74, 6) is 1.03. The number of aryl methyl sites for hydroxylation is 1. The van der Waals surface area contributed by atoms with E-state index >= 15 is 0 Å². The number of hydrogen-bond donors (Lipinski definition) is 1. The summed E-state index contributed by atoms with van der Waals surface area (Å²) in [4.78, 5) is 0. The van der Waals surface area contributed by atoms with Gasteiger partial charge in [-0.1, -0.05) is 62.9 Å². The third kappa shape index (κ3) is 5.66. The highest BCUT2D eigenvalue weighted by atomic mass is 14.9. The molecule has 0 amide bonds. The van der Waals surface area contributed by atoms with Gasteiger partial charge in [-0.05, 0) is 50.1 Å². The highest BCUT2D eigenvalue weighted by Gasteiger charge is 2.16. The van der Waals surface area contributed by atoms with Crippen LogP contribution in [-0.2, 0) is 6.42 Å². The topological polar surface area (TPSA) is 12.0 Å². The van der Waals surface area contributed by atoms with Crippen LogP contribution in [0.2, 0.25) is 0 Å². The first-order valence-corrected chi connectivity index (χ1v) is 8.65. The van der Waals surface area contributed by atoms with E-state index in [1.54, 1.807) is 0 Å². The second-order valence-electron chi connectivity index (χ2n) is 6.36. The first-order valence-electron chi connectivity index (χ1n) is 8.65. The van der Waals surface area contributed by atoms with Gasteiger partial charge < -0.3 is 5.32 Å². The Balaban J connectivity index is 1.65. The van der Waals surface area contributed by atoms with Crippen LogP contribution in [-0.4, -0.2) is 12.6 Å². The van der Waals surface area contributed by atoms with Crippen molar-refractivity contribution in [1.29, 1.82) is 0 Å². The Morgan fingerprint density at radius 1 is 1.10 bits per heavy atom. The second-order valence-corrected chi connectivity index (χ2v) is 6.36. The van der Waals surface area contributed by atoms with Crippen molar-refractivity contribution >= 4 is 0 Å². The van der Waals surface area contributed by atoms with Gasteiger partial charge in [0.15, 0.2) is 0 Å². The van der Waals surface area contributed by atoms with Crippen LogP contribution in [0.5, 0.6) is 0 Å². The van der Waals surface area contributed by atoms with Gasteiger partial charge in [0, 0.05) is 6.04 Å². The van der Waals surface area contributed by atoms with Gasteiger partial charge in [-0.3, -0.25) is 0 Å². The van der Waals surface area contributed by atoms with E-state index in [1.807, 2.05) is 0 Å². The summed E-state index contributed by atoms with van der Waals surface area (Å²) in [6.45, 7) is 3.35. The lowest BCUT2D eigenvalue weighted by Gasteiger charge is -2.19. The van der Waals surface area contributed by atoms with Gasteiger partial charge in [-0.15, -0.1) is 0 Å². The van der Waals surface area contributed by atoms with E-state index < -0.39 is 0 Å². The Morgan fingerprint density at radius 2 is 1.85 bits per heavy atom. The molecule has 0 saturated heterocycles. The molecule has 1 aromatic carbocycles. The zero-order chi connectivity index (χ0) is 14.0. The molecule has 0 bridgehead atoms. The maximum Gasteiger partial charge on any atom is 0.00671 e. The average Bonchev–Trinajstić information content (AvgIpc) is 2.99. The van der Waals surface area contributed by atoms with E-state index in [9.17, 15) is 0 Å². The lowest BCUT2D eigenvalue weighted by molar-refractivity contribution is 0.388. The highest BCUT2D eigenvalue weighted by molar-refractivity contribution is 5.14. The van der Waals surface area contributed by atoms with Crippen molar-refractivity contribution in [3.05, 3.63) is 35.9 Å². The van der Waals surface area contributed by atoms with E-state index in [4.69, 9.17) is 0 Å². The van der Waals surface area contributed by atoms with Gasteiger partial charge in [-0.2, -0.15) is 0 Å². The molecule has 1 aliphatic rings. The molecule has 0 aliphatic heterocycles. The Hall–Kier alpha value is -0.820. The van der Waals surface area contributed by atoms with Crippen LogP contribution in [0.15, 0.2) is 30.3 Å². The van der Waals surface area contributed by atoms with Crippen molar-refractivity contribution < 1.29 is 0 Å². The summed E-state index contributed by atoms with van der Waals surface area (Å²) >= 11 is 0. The van der Waals surface area contributed by atoms with Crippen molar-refractivity contribution in [3.63, 3.8) is 0 Å². The molecular weight excluding hydrogens is 242 g/mol. The molecule has 112 valence electrons. The smallest absolute Gasteiger partial charge is 0.00671 e. The molecule has 1 aliphatic carbocycles. The number of benzene rings is 1. The number of nitrogens with one attached hydrogen (secondary N) is 1. The normalized spacial score (nSPS) is 17.4. The fourth-order valence-corrected chi connectivity index (χ4v) is 3.57. The molecule has 0 spiro atoms. The van der Waals surface area contributed by atoms with E-state index in [0.29, 0.717) is 0 Å². The van der Waals surface area contributed by atoms with Crippen molar-refractivity contribution in [2.75, 3.05) is 6.54 Å². The highest BCUT2D eigenvalue weighted by Crippen LogP contribution is 2.29. The first-order chi connectivity index (χ1) is 9.88. The van der Waals surface area contributed by atoms with E-state index in [0.717, 1.165) is 18.5 Å². The maximum absolute atomic E-state index is 3.69. The summed E-state index contributed by atoms with van der Waals surface area (Å²) in [5.41, 5.74) is 1.48. The lowest BCUT2D eigenvalue weighted by atomic mass is 9.95. The van der Waals surface area contributed by atoms with Gasteiger partial charge in [0.1, 0.15) is 0 Å².